The van der Waals surface area contributed by atoms with Gasteiger partial charge in [0.25, 0.3) is 5.91 Å². The van der Waals surface area contributed by atoms with E-state index in [4.69, 9.17) is 0 Å². The highest BCUT2D eigenvalue weighted by Gasteiger charge is 2.14. The van der Waals surface area contributed by atoms with Crippen molar-refractivity contribution in [1.29, 1.82) is 0 Å². The normalized spacial score (nSPS) is 13.9. The van der Waals surface area contributed by atoms with E-state index in [1.807, 2.05) is 6.07 Å². The molecule has 23 heavy (non-hydrogen) atoms. The molecule has 0 spiro atoms. The van der Waals surface area contributed by atoms with Crippen LogP contribution in [0.15, 0.2) is 42.6 Å². The van der Waals surface area contributed by atoms with E-state index in [9.17, 15) is 9.59 Å². The molecule has 0 aliphatic carbocycles. The highest BCUT2D eigenvalue weighted by Crippen LogP contribution is 2.19. The van der Waals surface area contributed by atoms with Crippen molar-refractivity contribution in [1.82, 2.24) is 4.98 Å². The molecule has 1 aromatic heterocycles. The van der Waals surface area contributed by atoms with Crippen LogP contribution < -0.4 is 10.2 Å². The zero-order valence-corrected chi connectivity index (χ0v) is 13.1. The van der Waals surface area contributed by atoms with Crippen molar-refractivity contribution in [2.24, 2.45) is 0 Å². The van der Waals surface area contributed by atoms with Crippen molar-refractivity contribution in [3.8, 4) is 0 Å². The predicted molar refractivity (Wildman–Crippen MR) is 90.1 cm³/mol. The van der Waals surface area contributed by atoms with E-state index in [1.54, 1.807) is 36.5 Å². The topological polar surface area (TPSA) is 62.3 Å². The molecule has 1 aliphatic heterocycles. The second kappa shape index (κ2) is 6.60. The van der Waals surface area contributed by atoms with Gasteiger partial charge < -0.3 is 10.2 Å². The molecule has 1 N–H and O–H groups in total. The SMILES string of the molecule is CC(=O)c1ccc(NC(=O)c2ccc(N3CCCC3)cn2)cc1. The first-order valence-electron chi connectivity index (χ1n) is 7.77. The fourth-order valence-corrected chi connectivity index (χ4v) is 2.67. The summed E-state index contributed by atoms with van der Waals surface area (Å²) in [6, 6.07) is 10.5. The predicted octanol–water partition coefficient (Wildman–Crippen LogP) is 3.14. The van der Waals surface area contributed by atoms with Crippen LogP contribution >= 0.6 is 0 Å². The lowest BCUT2D eigenvalue weighted by atomic mass is 10.1. The van der Waals surface area contributed by atoms with Gasteiger partial charge in [-0.05, 0) is 56.2 Å². The molecule has 0 atom stereocenters. The van der Waals surface area contributed by atoms with Crippen molar-refractivity contribution in [3.05, 3.63) is 53.9 Å². The molecular formula is C18H19N3O2. The Morgan fingerprint density at radius 3 is 2.30 bits per heavy atom. The maximum Gasteiger partial charge on any atom is 0.274 e. The Balaban J connectivity index is 1.66. The van der Waals surface area contributed by atoms with Crippen molar-refractivity contribution < 1.29 is 9.59 Å². The second-order valence-corrected chi connectivity index (χ2v) is 5.68. The highest BCUT2D eigenvalue weighted by atomic mass is 16.2. The van der Waals surface area contributed by atoms with E-state index in [0.717, 1.165) is 18.8 Å². The Labute approximate surface area is 135 Å². The lowest BCUT2D eigenvalue weighted by Crippen LogP contribution is -2.19. The first-order chi connectivity index (χ1) is 11.1. The van der Waals surface area contributed by atoms with Crippen LogP contribution in [0.3, 0.4) is 0 Å². The van der Waals surface area contributed by atoms with Crippen molar-refractivity contribution in [3.63, 3.8) is 0 Å². The number of aromatic nitrogens is 1. The molecule has 2 heterocycles. The van der Waals surface area contributed by atoms with Gasteiger partial charge >= 0.3 is 0 Å². The van der Waals surface area contributed by atoms with Crippen LogP contribution in [-0.4, -0.2) is 29.8 Å². The summed E-state index contributed by atoms with van der Waals surface area (Å²) < 4.78 is 0. The Kier molecular flexibility index (Phi) is 4.37. The number of ketones is 1. The van der Waals surface area contributed by atoms with Crippen molar-refractivity contribution >= 4 is 23.1 Å². The number of hydrogen-bond donors (Lipinski definition) is 1. The van der Waals surface area contributed by atoms with Gasteiger partial charge in [0.05, 0.1) is 11.9 Å². The number of carbonyl (C=O) groups is 2. The van der Waals surface area contributed by atoms with Gasteiger partial charge in [0.2, 0.25) is 0 Å². The third-order valence-electron chi connectivity index (χ3n) is 4.00. The quantitative estimate of drug-likeness (QED) is 0.881. The molecule has 0 bridgehead atoms. The van der Waals surface area contributed by atoms with E-state index in [-0.39, 0.29) is 11.7 Å². The van der Waals surface area contributed by atoms with Gasteiger partial charge in [-0.1, -0.05) is 0 Å². The molecule has 1 fully saturated rings. The van der Waals surface area contributed by atoms with Gasteiger partial charge in [0.1, 0.15) is 5.69 Å². The molecule has 2 aromatic rings. The fourth-order valence-electron chi connectivity index (χ4n) is 2.67. The molecule has 0 saturated carbocycles. The Hall–Kier alpha value is -2.69. The lowest BCUT2D eigenvalue weighted by Gasteiger charge is -2.16. The number of nitrogens with one attached hydrogen (secondary N) is 1. The number of benzene rings is 1. The van der Waals surface area contributed by atoms with Gasteiger partial charge in [-0.25, -0.2) is 4.98 Å². The minimum Gasteiger partial charge on any atom is -0.370 e. The number of Topliss-reactive ketones (excluding diaryl/α,β-unsaturated/α-hetero) is 1. The van der Waals surface area contributed by atoms with E-state index in [1.165, 1.54) is 19.8 Å². The lowest BCUT2D eigenvalue weighted by molar-refractivity contribution is 0.101. The van der Waals surface area contributed by atoms with Gasteiger partial charge in [-0.2, -0.15) is 0 Å². The van der Waals surface area contributed by atoms with Crippen LogP contribution in [0.4, 0.5) is 11.4 Å². The minimum absolute atomic E-state index is 0.00189. The number of hydrogen-bond acceptors (Lipinski definition) is 4. The largest absolute Gasteiger partial charge is 0.370 e. The Morgan fingerprint density at radius 1 is 1.04 bits per heavy atom. The van der Waals surface area contributed by atoms with E-state index in [2.05, 4.69) is 15.2 Å². The van der Waals surface area contributed by atoms with Crippen LogP contribution in [0.2, 0.25) is 0 Å². The van der Waals surface area contributed by atoms with Gasteiger partial charge in [0.15, 0.2) is 5.78 Å². The number of amides is 1. The summed E-state index contributed by atoms with van der Waals surface area (Å²) >= 11 is 0. The Morgan fingerprint density at radius 2 is 1.74 bits per heavy atom. The van der Waals surface area contributed by atoms with E-state index >= 15 is 0 Å². The minimum atomic E-state index is -0.256. The zero-order valence-electron chi connectivity index (χ0n) is 13.1. The Bertz CT molecular complexity index is 702. The molecule has 118 valence electrons. The van der Waals surface area contributed by atoms with Crippen LogP contribution in [0.25, 0.3) is 0 Å². The van der Waals surface area contributed by atoms with E-state index in [0.29, 0.717) is 16.9 Å². The number of carbonyl (C=O) groups excluding carboxylic acids is 2. The van der Waals surface area contributed by atoms with Crippen LogP contribution in [-0.2, 0) is 0 Å². The number of nitrogens with zero attached hydrogens (tertiary/aromatic N) is 2. The van der Waals surface area contributed by atoms with Crippen molar-refractivity contribution in [2.75, 3.05) is 23.3 Å². The van der Waals surface area contributed by atoms with Crippen LogP contribution in [0, 0.1) is 0 Å². The third-order valence-corrected chi connectivity index (χ3v) is 4.00. The number of pyridine rings is 1. The molecule has 1 aliphatic rings. The average Bonchev–Trinajstić information content (AvgIpc) is 3.10. The smallest absolute Gasteiger partial charge is 0.274 e. The van der Waals surface area contributed by atoms with Gasteiger partial charge in [-0.15, -0.1) is 0 Å². The summed E-state index contributed by atoms with van der Waals surface area (Å²) in [5.74, 6) is -0.254. The first kappa shape index (κ1) is 15.2. The molecule has 3 rings (SSSR count). The molecule has 0 radical (unpaired) electrons. The summed E-state index contributed by atoms with van der Waals surface area (Å²) in [5, 5.41) is 2.79. The summed E-state index contributed by atoms with van der Waals surface area (Å²) in [6.07, 6.45) is 4.16. The highest BCUT2D eigenvalue weighted by molar-refractivity contribution is 6.03. The number of anilines is 2. The zero-order chi connectivity index (χ0) is 16.2. The molecule has 5 nitrogen and oxygen atoms in total. The summed E-state index contributed by atoms with van der Waals surface area (Å²) in [7, 11) is 0. The monoisotopic (exact) mass is 309 g/mol. The second-order valence-electron chi connectivity index (χ2n) is 5.68. The maximum absolute atomic E-state index is 12.2. The van der Waals surface area contributed by atoms with Crippen LogP contribution in [0.5, 0.6) is 0 Å². The van der Waals surface area contributed by atoms with Gasteiger partial charge in [-0.3, -0.25) is 9.59 Å². The standard InChI is InChI=1S/C18H19N3O2/c1-13(22)14-4-6-15(7-5-14)20-18(23)17-9-8-16(12-19-17)21-10-2-3-11-21/h4-9,12H,2-3,10-11H2,1H3,(H,20,23). The fraction of sp³-hybridized carbons (Fsp3) is 0.278. The van der Waals surface area contributed by atoms with E-state index < -0.39 is 0 Å². The summed E-state index contributed by atoms with van der Waals surface area (Å²) in [6.45, 7) is 3.62. The molecule has 1 amide bonds. The average molecular weight is 309 g/mol. The first-order valence-corrected chi connectivity index (χ1v) is 7.77. The summed E-state index contributed by atoms with van der Waals surface area (Å²) in [4.78, 5) is 30.0. The third kappa shape index (κ3) is 3.56. The van der Waals surface area contributed by atoms with Gasteiger partial charge in [0, 0.05) is 24.3 Å². The van der Waals surface area contributed by atoms with Crippen molar-refractivity contribution in [2.45, 2.75) is 19.8 Å². The molecule has 1 aromatic carbocycles. The molecule has 5 heteroatoms. The molecule has 0 unspecified atom stereocenters. The summed E-state index contributed by atoms with van der Waals surface area (Å²) in [5.41, 5.74) is 2.70. The number of rotatable bonds is 4. The van der Waals surface area contributed by atoms with Crippen LogP contribution in [0.1, 0.15) is 40.6 Å². The molecular weight excluding hydrogens is 290 g/mol. The molecule has 1 saturated heterocycles. The maximum atomic E-state index is 12.2.